The Morgan fingerprint density at radius 2 is 1.89 bits per heavy atom. The fraction of sp³-hybridized carbons (Fsp3) is 0.385. The molecule has 1 rings (SSSR count). The molecule has 0 amide bonds. The maximum atomic E-state index is 7.85. The Kier molecular flexibility index (Phi) is 5.17. The number of nitrogens with zero attached hydrogens (tertiary/aromatic N) is 2. The Hall–Kier alpha value is -2.04. The van der Waals surface area contributed by atoms with Crippen LogP contribution in [0.1, 0.15) is 19.4 Å². The van der Waals surface area contributed by atoms with Crippen LogP contribution in [0.25, 0.3) is 0 Å². The number of guanidine groups is 2. The van der Waals surface area contributed by atoms with Gasteiger partial charge in [0.1, 0.15) is 0 Å². The van der Waals surface area contributed by atoms with E-state index in [1.807, 2.05) is 36.9 Å². The number of hydrogen-bond donors (Lipinski definition) is 3. The third-order valence-electron chi connectivity index (χ3n) is 2.61. The van der Waals surface area contributed by atoms with E-state index in [0.29, 0.717) is 0 Å². The number of benzene rings is 1. The van der Waals surface area contributed by atoms with Gasteiger partial charge in [0.2, 0.25) is 5.96 Å². The van der Waals surface area contributed by atoms with E-state index < -0.39 is 0 Å². The standard InChI is InChI=1S/C13H21N5/c1-10(2)18(13(16)17-12(14)15)9-8-11-6-4-3-5-7-11/h3-7,10H,8-9H2,1-2H3,(H5,14,15,16,17). The van der Waals surface area contributed by atoms with E-state index in [-0.39, 0.29) is 18.0 Å². The third kappa shape index (κ3) is 4.45. The Labute approximate surface area is 108 Å². The first-order valence-electron chi connectivity index (χ1n) is 5.99. The molecule has 0 saturated heterocycles. The fourth-order valence-corrected chi connectivity index (χ4v) is 1.69. The van der Waals surface area contributed by atoms with Crippen LogP contribution in [0, 0.1) is 5.41 Å². The minimum absolute atomic E-state index is 0.0784. The summed E-state index contributed by atoms with van der Waals surface area (Å²) in [7, 11) is 0. The molecule has 0 saturated carbocycles. The van der Waals surface area contributed by atoms with Crippen molar-refractivity contribution in [1.29, 1.82) is 5.41 Å². The fourth-order valence-electron chi connectivity index (χ4n) is 1.69. The minimum Gasteiger partial charge on any atom is -0.370 e. The summed E-state index contributed by atoms with van der Waals surface area (Å²) in [4.78, 5) is 5.66. The highest BCUT2D eigenvalue weighted by Gasteiger charge is 2.12. The smallest absolute Gasteiger partial charge is 0.221 e. The number of hydrogen-bond acceptors (Lipinski definition) is 1. The maximum absolute atomic E-state index is 7.85. The first kappa shape index (κ1) is 14.0. The predicted octanol–water partition coefficient (Wildman–Crippen LogP) is 1.15. The predicted molar refractivity (Wildman–Crippen MR) is 75.5 cm³/mol. The van der Waals surface area contributed by atoms with Crippen molar-refractivity contribution in [2.75, 3.05) is 6.54 Å². The second-order valence-corrected chi connectivity index (χ2v) is 4.38. The minimum atomic E-state index is -0.0784. The summed E-state index contributed by atoms with van der Waals surface area (Å²) in [5.74, 6) is 0.0336. The number of rotatable bonds is 4. The van der Waals surface area contributed by atoms with Crippen LogP contribution < -0.4 is 11.5 Å². The second-order valence-electron chi connectivity index (χ2n) is 4.38. The lowest BCUT2D eigenvalue weighted by molar-refractivity contribution is 0.347. The van der Waals surface area contributed by atoms with E-state index >= 15 is 0 Å². The van der Waals surface area contributed by atoms with Crippen LogP contribution in [0.4, 0.5) is 0 Å². The van der Waals surface area contributed by atoms with Gasteiger partial charge in [-0.05, 0) is 25.8 Å². The van der Waals surface area contributed by atoms with Crippen LogP contribution in [-0.4, -0.2) is 29.4 Å². The van der Waals surface area contributed by atoms with Crippen LogP contribution in [0.2, 0.25) is 0 Å². The molecule has 1 aromatic carbocycles. The number of aliphatic imine (C=N–C) groups is 1. The molecule has 0 unspecified atom stereocenters. The molecule has 0 fully saturated rings. The van der Waals surface area contributed by atoms with Gasteiger partial charge in [-0.1, -0.05) is 30.3 Å². The molecular formula is C13H21N5. The Morgan fingerprint density at radius 1 is 1.28 bits per heavy atom. The first-order chi connectivity index (χ1) is 8.50. The zero-order valence-electron chi connectivity index (χ0n) is 10.9. The second kappa shape index (κ2) is 6.64. The van der Waals surface area contributed by atoms with Crippen LogP contribution in [0.3, 0.4) is 0 Å². The summed E-state index contributed by atoms with van der Waals surface area (Å²) in [6.45, 7) is 4.75. The number of nitrogens with one attached hydrogen (secondary N) is 1. The zero-order chi connectivity index (χ0) is 13.5. The van der Waals surface area contributed by atoms with E-state index in [1.54, 1.807) is 0 Å². The van der Waals surface area contributed by atoms with Crippen LogP contribution in [-0.2, 0) is 6.42 Å². The summed E-state index contributed by atoms with van der Waals surface area (Å²) in [5.41, 5.74) is 11.8. The molecule has 5 N–H and O–H groups in total. The van der Waals surface area contributed by atoms with Gasteiger partial charge >= 0.3 is 0 Å². The van der Waals surface area contributed by atoms with E-state index in [2.05, 4.69) is 17.1 Å². The van der Waals surface area contributed by atoms with Gasteiger partial charge in [-0.25, -0.2) is 0 Å². The Morgan fingerprint density at radius 3 is 2.39 bits per heavy atom. The third-order valence-corrected chi connectivity index (χ3v) is 2.61. The molecule has 1 aromatic rings. The average Bonchev–Trinajstić information content (AvgIpc) is 2.29. The summed E-state index contributed by atoms with van der Waals surface area (Å²) in [6.07, 6.45) is 0.862. The van der Waals surface area contributed by atoms with Gasteiger partial charge in [-0.3, -0.25) is 5.41 Å². The average molecular weight is 247 g/mol. The van der Waals surface area contributed by atoms with Crippen molar-refractivity contribution < 1.29 is 0 Å². The lowest BCUT2D eigenvalue weighted by atomic mass is 10.1. The summed E-state index contributed by atoms with van der Waals surface area (Å²) in [5, 5.41) is 7.85. The molecule has 98 valence electrons. The molecule has 5 nitrogen and oxygen atoms in total. The van der Waals surface area contributed by atoms with E-state index in [4.69, 9.17) is 16.9 Å². The molecule has 0 spiro atoms. The summed E-state index contributed by atoms with van der Waals surface area (Å²) in [6, 6.07) is 10.3. The van der Waals surface area contributed by atoms with Crippen LogP contribution in [0.15, 0.2) is 35.3 Å². The van der Waals surface area contributed by atoms with Gasteiger partial charge in [0.05, 0.1) is 0 Å². The Balaban J connectivity index is 2.64. The molecule has 0 aliphatic carbocycles. The van der Waals surface area contributed by atoms with Crippen LogP contribution >= 0.6 is 0 Å². The highest BCUT2D eigenvalue weighted by Crippen LogP contribution is 2.05. The van der Waals surface area contributed by atoms with Gasteiger partial charge in [0.15, 0.2) is 5.96 Å². The SMILES string of the molecule is CC(C)N(CCc1ccccc1)C(=N)N=C(N)N. The van der Waals surface area contributed by atoms with Crippen molar-refractivity contribution in [3.63, 3.8) is 0 Å². The van der Waals surface area contributed by atoms with E-state index in [1.165, 1.54) is 5.56 Å². The molecule has 0 aliphatic heterocycles. The van der Waals surface area contributed by atoms with E-state index in [9.17, 15) is 0 Å². The number of nitrogens with two attached hydrogens (primary N) is 2. The molecule has 5 heteroatoms. The highest BCUT2D eigenvalue weighted by atomic mass is 15.3. The van der Waals surface area contributed by atoms with Crippen molar-refractivity contribution >= 4 is 11.9 Å². The molecule has 0 radical (unpaired) electrons. The van der Waals surface area contributed by atoms with Crippen molar-refractivity contribution in [2.24, 2.45) is 16.5 Å². The van der Waals surface area contributed by atoms with Gasteiger partial charge in [-0.15, -0.1) is 0 Å². The van der Waals surface area contributed by atoms with Gasteiger partial charge < -0.3 is 16.4 Å². The molecule has 0 aromatic heterocycles. The first-order valence-corrected chi connectivity index (χ1v) is 5.99. The summed E-state index contributed by atoms with van der Waals surface area (Å²) < 4.78 is 0. The van der Waals surface area contributed by atoms with E-state index in [0.717, 1.165) is 13.0 Å². The van der Waals surface area contributed by atoms with Crippen molar-refractivity contribution in [3.05, 3.63) is 35.9 Å². The molecule has 0 aliphatic rings. The topological polar surface area (TPSA) is 91.5 Å². The molecule has 0 heterocycles. The van der Waals surface area contributed by atoms with Crippen molar-refractivity contribution in [1.82, 2.24) is 4.90 Å². The van der Waals surface area contributed by atoms with Gasteiger partial charge in [0, 0.05) is 12.6 Å². The molecule has 0 atom stereocenters. The van der Waals surface area contributed by atoms with Crippen molar-refractivity contribution in [2.45, 2.75) is 26.3 Å². The Bertz CT molecular complexity index is 407. The van der Waals surface area contributed by atoms with Crippen LogP contribution in [0.5, 0.6) is 0 Å². The van der Waals surface area contributed by atoms with Crippen molar-refractivity contribution in [3.8, 4) is 0 Å². The van der Waals surface area contributed by atoms with Gasteiger partial charge in [0.25, 0.3) is 0 Å². The zero-order valence-corrected chi connectivity index (χ0v) is 10.9. The largest absolute Gasteiger partial charge is 0.370 e. The normalized spacial score (nSPS) is 10.2. The lowest BCUT2D eigenvalue weighted by Gasteiger charge is -2.26. The summed E-state index contributed by atoms with van der Waals surface area (Å²) >= 11 is 0. The molecule has 0 bridgehead atoms. The quantitative estimate of drug-likeness (QED) is 0.550. The lowest BCUT2D eigenvalue weighted by Crippen LogP contribution is -2.39. The molecular weight excluding hydrogens is 226 g/mol. The monoisotopic (exact) mass is 247 g/mol. The highest BCUT2D eigenvalue weighted by molar-refractivity contribution is 5.91. The molecule has 18 heavy (non-hydrogen) atoms. The maximum Gasteiger partial charge on any atom is 0.221 e. The van der Waals surface area contributed by atoms with Gasteiger partial charge in [-0.2, -0.15) is 4.99 Å².